The van der Waals surface area contributed by atoms with Gasteiger partial charge in [-0.1, -0.05) is 37.6 Å². The van der Waals surface area contributed by atoms with Crippen LogP contribution in [0.4, 0.5) is 0 Å². The van der Waals surface area contributed by atoms with Crippen LogP contribution < -0.4 is 0 Å². The first-order valence-electron chi connectivity index (χ1n) is 9.31. The van der Waals surface area contributed by atoms with Crippen LogP contribution in [0.3, 0.4) is 0 Å². The molecule has 0 heterocycles. The van der Waals surface area contributed by atoms with Crippen LogP contribution in [0.1, 0.15) is 63.0 Å². The average molecular weight is 347 g/mol. The molecule has 0 saturated heterocycles. The first-order chi connectivity index (χ1) is 11.4. The molecule has 0 bridgehead atoms. The lowest BCUT2D eigenvalue weighted by Crippen LogP contribution is -2.57. The Hall–Kier alpha value is -0.990. The molecular weight excluding hydrogens is 320 g/mol. The smallest absolute Gasteiger partial charge is 0.115 e. The highest BCUT2D eigenvalue weighted by Crippen LogP contribution is 2.63. The summed E-state index contributed by atoms with van der Waals surface area (Å²) in [5.74, 6) is 2.00. The summed E-state index contributed by atoms with van der Waals surface area (Å²) < 4.78 is 0. The van der Waals surface area contributed by atoms with E-state index in [-0.39, 0.29) is 5.41 Å². The Kier molecular flexibility index (Phi) is 3.78. The normalized spacial score (nSPS) is 41.0. The lowest BCUT2D eigenvalue weighted by atomic mass is 9.47. The summed E-state index contributed by atoms with van der Waals surface area (Å²) in [4.78, 5) is 0. The van der Waals surface area contributed by atoms with E-state index in [0.29, 0.717) is 35.0 Å². The third-order valence-corrected chi connectivity index (χ3v) is 7.97. The van der Waals surface area contributed by atoms with E-state index in [9.17, 15) is 10.2 Å². The highest BCUT2D eigenvalue weighted by Gasteiger charge is 2.59. The summed E-state index contributed by atoms with van der Waals surface area (Å²) in [5.41, 5.74) is 1.72. The predicted molar refractivity (Wildman–Crippen MR) is 97.3 cm³/mol. The van der Waals surface area contributed by atoms with E-state index >= 15 is 0 Å². The molecule has 1 fully saturated rings. The fourth-order valence-electron chi connectivity index (χ4n) is 6.08. The van der Waals surface area contributed by atoms with Gasteiger partial charge in [0.1, 0.15) is 11.4 Å². The molecule has 24 heavy (non-hydrogen) atoms. The largest absolute Gasteiger partial charge is 0.508 e. The van der Waals surface area contributed by atoms with Crippen molar-refractivity contribution in [1.82, 2.24) is 0 Å². The average Bonchev–Trinajstić information content (AvgIpc) is 2.58. The van der Waals surface area contributed by atoms with Crippen LogP contribution in [0.5, 0.6) is 5.75 Å². The van der Waals surface area contributed by atoms with Crippen molar-refractivity contribution in [2.45, 2.75) is 63.9 Å². The van der Waals surface area contributed by atoms with E-state index in [1.165, 1.54) is 11.1 Å². The lowest BCUT2D eigenvalue weighted by molar-refractivity contribution is -0.126. The number of rotatable bonds is 1. The number of allylic oxidation sites excluding steroid dienone is 1. The summed E-state index contributed by atoms with van der Waals surface area (Å²) in [6, 6.07) is 5.90. The maximum atomic E-state index is 11.4. The van der Waals surface area contributed by atoms with Gasteiger partial charge in [0.05, 0.1) is 0 Å². The van der Waals surface area contributed by atoms with Gasteiger partial charge in [-0.15, -0.1) is 0 Å². The van der Waals surface area contributed by atoms with Crippen LogP contribution in [0.2, 0.25) is 0 Å². The van der Waals surface area contributed by atoms with Gasteiger partial charge >= 0.3 is 0 Å². The minimum absolute atomic E-state index is 0.136. The molecule has 3 heteroatoms. The number of phenols is 1. The van der Waals surface area contributed by atoms with Crippen LogP contribution in [-0.4, -0.2) is 15.8 Å². The third kappa shape index (κ3) is 2.05. The molecule has 0 aliphatic heterocycles. The Morgan fingerprint density at radius 1 is 1.29 bits per heavy atom. The molecule has 0 spiro atoms. The number of benzene rings is 1. The first kappa shape index (κ1) is 16.5. The molecule has 0 radical (unpaired) electrons. The third-order valence-electron chi connectivity index (χ3n) is 7.50. The minimum atomic E-state index is -0.877. The van der Waals surface area contributed by atoms with Crippen molar-refractivity contribution in [2.75, 3.05) is 0 Å². The Bertz CT molecular complexity index is 697. The van der Waals surface area contributed by atoms with Gasteiger partial charge in [0, 0.05) is 10.4 Å². The van der Waals surface area contributed by atoms with Gasteiger partial charge in [0.15, 0.2) is 0 Å². The second kappa shape index (κ2) is 5.51. The molecule has 1 saturated carbocycles. The Balaban J connectivity index is 1.75. The fraction of sp³-hybridized carbons (Fsp3) is 0.619. The molecule has 130 valence electrons. The van der Waals surface area contributed by atoms with E-state index in [1.807, 2.05) is 12.1 Å². The maximum absolute atomic E-state index is 11.4. The van der Waals surface area contributed by atoms with Crippen LogP contribution >= 0.6 is 11.6 Å². The van der Waals surface area contributed by atoms with E-state index in [1.54, 1.807) is 0 Å². The monoisotopic (exact) mass is 346 g/mol. The van der Waals surface area contributed by atoms with Crippen molar-refractivity contribution < 1.29 is 10.2 Å². The number of halogens is 1. The summed E-state index contributed by atoms with van der Waals surface area (Å²) in [6.45, 7) is 4.31. The van der Waals surface area contributed by atoms with Crippen molar-refractivity contribution in [1.29, 1.82) is 0 Å². The van der Waals surface area contributed by atoms with Gasteiger partial charge in [0.25, 0.3) is 0 Å². The highest BCUT2D eigenvalue weighted by atomic mass is 35.5. The molecule has 5 atom stereocenters. The molecule has 3 aliphatic rings. The maximum Gasteiger partial charge on any atom is 0.115 e. The van der Waals surface area contributed by atoms with Crippen molar-refractivity contribution in [3.8, 4) is 5.75 Å². The molecular formula is C21H27ClO2. The molecule has 0 amide bonds. The number of hydrogen-bond acceptors (Lipinski definition) is 2. The van der Waals surface area contributed by atoms with Gasteiger partial charge in [-0.3, -0.25) is 0 Å². The van der Waals surface area contributed by atoms with Gasteiger partial charge in [-0.05, 0) is 79.5 Å². The number of fused-ring (bicyclic) bond motifs is 5. The molecule has 1 unspecified atom stereocenters. The topological polar surface area (TPSA) is 40.5 Å². The Morgan fingerprint density at radius 3 is 2.83 bits per heavy atom. The van der Waals surface area contributed by atoms with Gasteiger partial charge < -0.3 is 10.2 Å². The Morgan fingerprint density at radius 2 is 2.08 bits per heavy atom. The van der Waals surface area contributed by atoms with E-state index in [0.717, 1.165) is 32.1 Å². The fourth-order valence-corrected chi connectivity index (χ4v) is 6.52. The number of phenolic OH excluding ortho intramolecular Hbond substituents is 1. The molecule has 2 N–H and O–H groups in total. The number of hydrogen-bond donors (Lipinski definition) is 2. The van der Waals surface area contributed by atoms with Crippen LogP contribution in [0.15, 0.2) is 29.3 Å². The van der Waals surface area contributed by atoms with Gasteiger partial charge in [0.2, 0.25) is 0 Å². The van der Waals surface area contributed by atoms with Crippen molar-refractivity contribution in [3.63, 3.8) is 0 Å². The quantitative estimate of drug-likeness (QED) is 0.740. The van der Waals surface area contributed by atoms with E-state index < -0.39 is 5.60 Å². The number of aliphatic hydroxyl groups is 1. The zero-order valence-corrected chi connectivity index (χ0v) is 15.3. The second-order valence-electron chi connectivity index (χ2n) is 8.26. The Labute approximate surface area is 149 Å². The van der Waals surface area contributed by atoms with Crippen molar-refractivity contribution in [2.24, 2.45) is 17.3 Å². The van der Waals surface area contributed by atoms with E-state index in [2.05, 4.69) is 26.0 Å². The van der Waals surface area contributed by atoms with Gasteiger partial charge in [-0.2, -0.15) is 0 Å². The highest BCUT2D eigenvalue weighted by molar-refractivity contribution is 6.30. The minimum Gasteiger partial charge on any atom is -0.508 e. The van der Waals surface area contributed by atoms with Crippen LogP contribution in [0, 0.1) is 17.3 Å². The zero-order chi connectivity index (χ0) is 17.1. The SMILES string of the molecule is CCC1(O)C(Cl)=CC[C@H]2[C@@H]3CCc4cc(O)ccc4[C@H]3CC[C@@]21C. The van der Waals surface area contributed by atoms with Gasteiger partial charge in [-0.25, -0.2) is 0 Å². The second-order valence-corrected chi connectivity index (χ2v) is 8.66. The lowest BCUT2D eigenvalue weighted by Gasteiger charge is -2.59. The van der Waals surface area contributed by atoms with Crippen LogP contribution in [0.25, 0.3) is 0 Å². The summed E-state index contributed by atoms with van der Waals surface area (Å²) in [5, 5.41) is 21.8. The molecule has 0 aromatic heterocycles. The molecule has 1 aromatic rings. The zero-order valence-electron chi connectivity index (χ0n) is 14.6. The summed E-state index contributed by atoms with van der Waals surface area (Å²) in [7, 11) is 0. The van der Waals surface area contributed by atoms with Crippen LogP contribution in [-0.2, 0) is 6.42 Å². The van der Waals surface area contributed by atoms with Crippen molar-refractivity contribution in [3.05, 3.63) is 40.4 Å². The molecule has 3 aliphatic carbocycles. The molecule has 1 aromatic carbocycles. The number of aryl methyl sites for hydroxylation is 1. The summed E-state index contributed by atoms with van der Waals surface area (Å²) in [6.07, 6.45) is 8.01. The first-order valence-corrected chi connectivity index (χ1v) is 9.69. The van der Waals surface area contributed by atoms with E-state index in [4.69, 9.17) is 11.6 Å². The number of aromatic hydroxyl groups is 1. The predicted octanol–water partition coefficient (Wildman–Crippen LogP) is 5.12. The standard InChI is InChI=1S/C21H27ClO2/c1-3-21(24)19(22)9-8-18-17-6-4-13-12-14(23)5-7-15(13)16(17)10-11-20(18,21)2/h5,7,9,12,16-18,23-24H,3-4,6,8,10-11H2,1-2H3/t16-,17-,18+,20+,21?/m1/s1. The molecule has 4 rings (SSSR count). The molecule has 2 nitrogen and oxygen atoms in total. The summed E-state index contributed by atoms with van der Waals surface area (Å²) >= 11 is 6.49. The van der Waals surface area contributed by atoms with Crippen molar-refractivity contribution >= 4 is 11.6 Å².